The first-order chi connectivity index (χ1) is 10.0. The Labute approximate surface area is 142 Å². The Morgan fingerprint density at radius 1 is 1.23 bits per heavy atom. The molecular formula is C16H20LiNO4. The third-order valence-corrected chi connectivity index (χ3v) is 4.20. The fraction of sp³-hybridized carbons (Fsp3) is 0.500. The van der Waals surface area contributed by atoms with E-state index in [0.717, 1.165) is 18.4 Å². The fourth-order valence-corrected chi connectivity index (χ4v) is 2.94. The molecule has 0 bridgehead atoms. The number of carbonyl (C=O) groups is 2. The van der Waals surface area contributed by atoms with Gasteiger partial charge in [-0.1, -0.05) is 43.2 Å². The summed E-state index contributed by atoms with van der Waals surface area (Å²) in [6.07, 6.45) is 2.58. The third kappa shape index (κ3) is 4.52. The van der Waals surface area contributed by atoms with Gasteiger partial charge in [0.1, 0.15) is 6.61 Å². The minimum atomic E-state index is -1.13. The second-order valence-electron chi connectivity index (χ2n) is 5.58. The minimum Gasteiger partial charge on any atom is -0.550 e. The Hall–Kier alpha value is -1.44. The fourth-order valence-electron chi connectivity index (χ4n) is 2.94. The maximum Gasteiger partial charge on any atom is 1.00 e. The van der Waals surface area contributed by atoms with Crippen LogP contribution in [0.25, 0.3) is 0 Å². The van der Waals surface area contributed by atoms with Crippen LogP contribution in [0.5, 0.6) is 0 Å². The molecule has 1 aromatic carbocycles. The van der Waals surface area contributed by atoms with Crippen molar-refractivity contribution in [2.45, 2.75) is 44.2 Å². The number of benzene rings is 1. The van der Waals surface area contributed by atoms with E-state index in [1.807, 2.05) is 30.3 Å². The number of amides is 1. The molecule has 114 valence electrons. The number of rotatable bonds is 5. The molecule has 0 spiro atoms. The summed E-state index contributed by atoms with van der Waals surface area (Å²) in [5.41, 5.74) is 0.242. The van der Waals surface area contributed by atoms with Crippen molar-refractivity contribution in [2.24, 2.45) is 0 Å². The van der Waals surface area contributed by atoms with Gasteiger partial charge in [-0.25, -0.2) is 4.79 Å². The van der Waals surface area contributed by atoms with Gasteiger partial charge in [-0.15, -0.1) is 0 Å². The molecule has 0 heterocycles. The zero-order valence-corrected chi connectivity index (χ0v) is 13.2. The molecule has 6 heteroatoms. The predicted octanol–water partition coefficient (Wildman–Crippen LogP) is -1.29. The van der Waals surface area contributed by atoms with Crippen LogP contribution in [-0.2, 0) is 16.1 Å². The van der Waals surface area contributed by atoms with Gasteiger partial charge in [-0.05, 0) is 18.4 Å². The van der Waals surface area contributed by atoms with Crippen molar-refractivity contribution in [3.63, 3.8) is 0 Å². The zero-order chi connectivity index (χ0) is 15.3. The maximum absolute atomic E-state index is 12.2. The summed E-state index contributed by atoms with van der Waals surface area (Å²) in [7, 11) is 1.61. The number of ether oxygens (including phenoxy) is 1. The molecule has 5 nitrogen and oxygen atoms in total. The van der Waals surface area contributed by atoms with Gasteiger partial charge in [0, 0.05) is 19.4 Å². The molecule has 0 aliphatic heterocycles. The Morgan fingerprint density at radius 2 is 1.82 bits per heavy atom. The Bertz CT molecular complexity index is 500. The number of nitrogens with zero attached hydrogens (tertiary/aromatic N) is 1. The van der Waals surface area contributed by atoms with Crippen molar-refractivity contribution in [3.8, 4) is 0 Å². The summed E-state index contributed by atoms with van der Waals surface area (Å²) in [6.45, 7) is 0.186. The van der Waals surface area contributed by atoms with Gasteiger partial charge in [0.2, 0.25) is 0 Å². The summed E-state index contributed by atoms with van der Waals surface area (Å²) >= 11 is 0. The van der Waals surface area contributed by atoms with E-state index in [2.05, 4.69) is 0 Å². The van der Waals surface area contributed by atoms with Crippen LogP contribution in [0, 0.1) is 0 Å². The van der Waals surface area contributed by atoms with E-state index in [-0.39, 0.29) is 31.9 Å². The third-order valence-electron chi connectivity index (χ3n) is 4.20. The van der Waals surface area contributed by atoms with Crippen LogP contribution in [-0.4, -0.2) is 29.5 Å². The molecule has 1 aliphatic carbocycles. The predicted molar refractivity (Wildman–Crippen MR) is 75.2 cm³/mol. The van der Waals surface area contributed by atoms with Crippen molar-refractivity contribution in [3.05, 3.63) is 35.9 Å². The summed E-state index contributed by atoms with van der Waals surface area (Å²) in [5.74, 6) is -1.13. The van der Waals surface area contributed by atoms with Crippen LogP contribution in [0.4, 0.5) is 4.79 Å². The number of aliphatic carboxylic acids is 1. The maximum atomic E-state index is 12.2. The molecule has 22 heavy (non-hydrogen) atoms. The van der Waals surface area contributed by atoms with Crippen molar-refractivity contribution < 1.29 is 38.3 Å². The van der Waals surface area contributed by atoms with Crippen LogP contribution in [0.15, 0.2) is 30.3 Å². The van der Waals surface area contributed by atoms with E-state index in [1.54, 1.807) is 7.05 Å². The number of carboxylic acid groups (broad SMARTS) is 1. The average Bonchev–Trinajstić information content (AvgIpc) is 2.94. The Kier molecular flexibility index (Phi) is 6.98. The molecule has 1 amide bonds. The summed E-state index contributed by atoms with van der Waals surface area (Å²) in [4.78, 5) is 24.6. The van der Waals surface area contributed by atoms with Crippen molar-refractivity contribution in [1.29, 1.82) is 0 Å². The van der Waals surface area contributed by atoms with Crippen molar-refractivity contribution in [2.75, 3.05) is 7.05 Å². The number of hydrogen-bond donors (Lipinski definition) is 0. The molecule has 0 atom stereocenters. The molecule has 0 radical (unpaired) electrons. The normalized spacial score (nSPS) is 15.7. The van der Waals surface area contributed by atoms with E-state index >= 15 is 0 Å². The first-order valence-corrected chi connectivity index (χ1v) is 7.18. The van der Waals surface area contributed by atoms with E-state index < -0.39 is 17.6 Å². The van der Waals surface area contributed by atoms with Crippen LogP contribution < -0.4 is 24.0 Å². The van der Waals surface area contributed by atoms with Crippen LogP contribution in [0.2, 0.25) is 0 Å². The molecule has 1 aromatic rings. The molecule has 2 rings (SSSR count). The van der Waals surface area contributed by atoms with Gasteiger partial charge in [0.15, 0.2) is 0 Å². The standard InChI is InChI=1S/C16H21NO4.Li/c1-17(16(11-14(18)19)9-5-6-10-16)15(20)21-12-13-7-3-2-4-8-13;/h2-4,7-8H,5-6,9-12H2,1H3,(H,18,19);/q;+1/p-1. The number of carbonyl (C=O) groups excluding carboxylic acids is 2. The van der Waals surface area contributed by atoms with Gasteiger partial charge in [0.25, 0.3) is 0 Å². The van der Waals surface area contributed by atoms with Crippen LogP contribution in [0.1, 0.15) is 37.7 Å². The molecule has 0 aromatic heterocycles. The molecule has 1 aliphatic rings. The van der Waals surface area contributed by atoms with Gasteiger partial charge < -0.3 is 19.5 Å². The van der Waals surface area contributed by atoms with Gasteiger partial charge in [-0.2, -0.15) is 0 Å². The summed E-state index contributed by atoms with van der Waals surface area (Å²) in [6, 6.07) is 9.40. The topological polar surface area (TPSA) is 69.7 Å². The molecule has 1 fully saturated rings. The van der Waals surface area contributed by atoms with E-state index in [0.29, 0.717) is 12.8 Å². The largest absolute Gasteiger partial charge is 1.00 e. The quantitative estimate of drug-likeness (QED) is 0.634. The van der Waals surface area contributed by atoms with Gasteiger partial charge in [0.05, 0.1) is 5.54 Å². The zero-order valence-electron chi connectivity index (χ0n) is 13.2. The van der Waals surface area contributed by atoms with Gasteiger partial charge in [-0.3, -0.25) is 0 Å². The summed E-state index contributed by atoms with van der Waals surface area (Å²) < 4.78 is 5.28. The van der Waals surface area contributed by atoms with Crippen molar-refractivity contribution >= 4 is 12.1 Å². The van der Waals surface area contributed by atoms with Gasteiger partial charge >= 0.3 is 25.0 Å². The molecule has 0 unspecified atom stereocenters. The SMILES string of the molecule is CN(C(=O)OCc1ccccc1)C1(CC(=O)[O-])CCCC1.[Li+]. The van der Waals surface area contributed by atoms with Crippen LogP contribution in [0.3, 0.4) is 0 Å². The molecule has 0 saturated heterocycles. The van der Waals surface area contributed by atoms with E-state index in [4.69, 9.17) is 4.74 Å². The first kappa shape index (κ1) is 18.6. The molecular weight excluding hydrogens is 277 g/mol. The van der Waals surface area contributed by atoms with Crippen molar-refractivity contribution in [1.82, 2.24) is 4.90 Å². The molecule has 1 saturated carbocycles. The number of hydrogen-bond acceptors (Lipinski definition) is 4. The smallest absolute Gasteiger partial charge is 0.550 e. The first-order valence-electron chi connectivity index (χ1n) is 7.18. The average molecular weight is 297 g/mol. The monoisotopic (exact) mass is 297 g/mol. The summed E-state index contributed by atoms with van der Waals surface area (Å²) in [5, 5.41) is 11.0. The Balaban J connectivity index is 0.00000242. The van der Waals surface area contributed by atoms with E-state index in [1.165, 1.54) is 4.90 Å². The number of carboxylic acids is 1. The second-order valence-corrected chi connectivity index (χ2v) is 5.58. The minimum absolute atomic E-state index is 0. The second kappa shape index (κ2) is 8.26. The van der Waals surface area contributed by atoms with E-state index in [9.17, 15) is 14.7 Å². The van der Waals surface area contributed by atoms with Crippen LogP contribution >= 0.6 is 0 Å². The molecule has 0 N–H and O–H groups in total. The Morgan fingerprint density at radius 3 is 2.36 bits per heavy atom.